The Morgan fingerprint density at radius 1 is 0.969 bits per heavy atom. The molecule has 2 aliphatic rings. The third-order valence-electron chi connectivity index (χ3n) is 6.34. The monoisotopic (exact) mass is 446 g/mol. The van der Waals surface area contributed by atoms with Crippen LogP contribution in [0.1, 0.15) is 29.8 Å². The third kappa shape index (κ3) is 2.96. The molecule has 2 unspecified atom stereocenters. The van der Waals surface area contributed by atoms with E-state index in [2.05, 4.69) is 0 Å². The molecule has 9 heteroatoms. The molecule has 2 atom stereocenters. The summed E-state index contributed by atoms with van der Waals surface area (Å²) >= 11 is 0. The van der Waals surface area contributed by atoms with Crippen molar-refractivity contribution in [1.29, 1.82) is 0 Å². The molecule has 1 N–H and O–H groups in total. The summed E-state index contributed by atoms with van der Waals surface area (Å²) in [6.07, 6.45) is 0.367. The number of methoxy groups -OCH3 is 4. The molecule has 0 amide bonds. The summed E-state index contributed by atoms with van der Waals surface area (Å²) in [5, 5.41) is 9.81. The second kappa shape index (κ2) is 8.07. The number of ketones is 1. The van der Waals surface area contributed by atoms with E-state index in [9.17, 15) is 10.1 Å². The first kappa shape index (κ1) is 22.0. The summed E-state index contributed by atoms with van der Waals surface area (Å²) in [5.74, 6) is 1.44. The minimum atomic E-state index is -1.52. The molecule has 1 heterocycles. The van der Waals surface area contributed by atoms with E-state index in [1.807, 2.05) is 13.0 Å². The molecule has 4 rings (SSSR count). The van der Waals surface area contributed by atoms with Crippen molar-refractivity contribution in [3.05, 3.63) is 23.3 Å². The lowest BCUT2D eigenvalue weighted by Crippen LogP contribution is -2.45. The molecule has 1 aliphatic heterocycles. The standard InChI is InChI=1S/C23H26O9/c1-11-7-12-8-14(26-3)18(27-4)20(28-5)16(12)17-13(22(24)23(11,2)32-25)9-15-19(21(17)29-6)31-10-30-15/h8-9,11,25H,7,10H2,1-6H3. The minimum Gasteiger partial charge on any atom is -0.493 e. The Morgan fingerprint density at radius 2 is 1.66 bits per heavy atom. The van der Waals surface area contributed by atoms with Crippen LogP contribution < -0.4 is 28.4 Å². The van der Waals surface area contributed by atoms with Gasteiger partial charge in [-0.25, -0.2) is 4.89 Å². The van der Waals surface area contributed by atoms with Crippen molar-refractivity contribution >= 4 is 5.78 Å². The molecule has 0 fully saturated rings. The predicted molar refractivity (Wildman–Crippen MR) is 114 cm³/mol. The SMILES string of the molecule is COc1cc2c(c(OC)c1OC)-c1c(cc3c(c1OC)OCO3)C(=O)C(C)(OO)C(C)C2. The first-order valence-electron chi connectivity index (χ1n) is 10.1. The van der Waals surface area contributed by atoms with Gasteiger partial charge in [-0.2, -0.15) is 0 Å². The van der Waals surface area contributed by atoms with Crippen LogP contribution in [-0.4, -0.2) is 51.9 Å². The average Bonchev–Trinajstić information content (AvgIpc) is 3.28. The molecule has 0 saturated heterocycles. The Labute approximate surface area is 185 Å². The highest BCUT2D eigenvalue weighted by Gasteiger charge is 2.47. The maximum absolute atomic E-state index is 13.8. The van der Waals surface area contributed by atoms with E-state index < -0.39 is 17.3 Å². The van der Waals surface area contributed by atoms with Crippen molar-refractivity contribution in [1.82, 2.24) is 0 Å². The lowest BCUT2D eigenvalue weighted by Gasteiger charge is -2.35. The topological polar surface area (TPSA) is 102 Å². The van der Waals surface area contributed by atoms with Crippen molar-refractivity contribution in [2.24, 2.45) is 5.92 Å². The predicted octanol–water partition coefficient (Wildman–Crippen LogP) is 3.74. The summed E-state index contributed by atoms with van der Waals surface area (Å²) in [5.41, 5.74) is 0.549. The highest BCUT2D eigenvalue weighted by Crippen LogP contribution is 2.57. The second-order valence-electron chi connectivity index (χ2n) is 7.88. The van der Waals surface area contributed by atoms with E-state index in [1.165, 1.54) is 28.4 Å². The molecule has 0 aromatic heterocycles. The van der Waals surface area contributed by atoms with Gasteiger partial charge in [-0.3, -0.25) is 10.1 Å². The Morgan fingerprint density at radius 3 is 2.25 bits per heavy atom. The molecule has 0 radical (unpaired) electrons. The number of Topliss-reactive ketones (excluding diaryl/α,β-unsaturated/α-hetero) is 1. The molecule has 2 aromatic carbocycles. The van der Waals surface area contributed by atoms with E-state index in [4.69, 9.17) is 33.3 Å². The van der Waals surface area contributed by atoms with Crippen molar-refractivity contribution in [3.8, 4) is 45.6 Å². The number of carbonyl (C=O) groups is 1. The first-order chi connectivity index (χ1) is 15.4. The normalized spacial score (nSPS) is 21.2. The van der Waals surface area contributed by atoms with E-state index in [0.29, 0.717) is 52.0 Å². The van der Waals surface area contributed by atoms with Crippen molar-refractivity contribution in [2.75, 3.05) is 35.2 Å². The smallest absolute Gasteiger partial charge is 0.231 e. The Hall–Kier alpha value is -3.17. The molecular weight excluding hydrogens is 420 g/mol. The van der Waals surface area contributed by atoms with Gasteiger partial charge in [-0.05, 0) is 37.0 Å². The quantitative estimate of drug-likeness (QED) is 0.543. The zero-order valence-corrected chi connectivity index (χ0v) is 18.9. The second-order valence-corrected chi connectivity index (χ2v) is 7.88. The molecule has 32 heavy (non-hydrogen) atoms. The fourth-order valence-electron chi connectivity index (χ4n) is 4.42. The van der Waals surface area contributed by atoms with Crippen LogP contribution in [0, 0.1) is 5.92 Å². The number of benzene rings is 2. The molecule has 172 valence electrons. The number of fused-ring (bicyclic) bond motifs is 4. The summed E-state index contributed by atoms with van der Waals surface area (Å²) in [6.45, 7) is 3.38. The fraction of sp³-hybridized carbons (Fsp3) is 0.435. The van der Waals surface area contributed by atoms with Crippen molar-refractivity contribution in [3.63, 3.8) is 0 Å². The highest BCUT2D eigenvalue weighted by atomic mass is 17.1. The molecule has 0 bridgehead atoms. The average molecular weight is 446 g/mol. The van der Waals surface area contributed by atoms with Crippen LogP contribution in [0.5, 0.6) is 34.5 Å². The minimum absolute atomic E-state index is 0.0110. The fourth-order valence-corrected chi connectivity index (χ4v) is 4.42. The Balaban J connectivity index is 2.20. The van der Waals surface area contributed by atoms with E-state index in [1.54, 1.807) is 13.0 Å². The number of hydrogen-bond donors (Lipinski definition) is 1. The number of carbonyl (C=O) groups excluding carboxylic acids is 1. The summed E-state index contributed by atoms with van der Waals surface area (Å²) in [7, 11) is 6.05. The molecular formula is C23H26O9. The van der Waals surface area contributed by atoms with Gasteiger partial charge in [0.1, 0.15) is 0 Å². The zero-order valence-electron chi connectivity index (χ0n) is 18.9. The molecule has 0 saturated carbocycles. The molecule has 1 aliphatic carbocycles. The van der Waals surface area contributed by atoms with Gasteiger partial charge in [0.05, 0.1) is 28.4 Å². The van der Waals surface area contributed by atoms with Crippen molar-refractivity contribution < 1.29 is 43.4 Å². The van der Waals surface area contributed by atoms with E-state index in [0.717, 1.165) is 5.56 Å². The number of hydrogen-bond acceptors (Lipinski definition) is 9. The number of ether oxygens (including phenoxy) is 6. The maximum Gasteiger partial charge on any atom is 0.231 e. The molecule has 2 aromatic rings. The van der Waals surface area contributed by atoms with Crippen LogP contribution in [0.2, 0.25) is 0 Å². The summed E-state index contributed by atoms with van der Waals surface area (Å²) in [6, 6.07) is 3.41. The maximum atomic E-state index is 13.8. The van der Waals surface area contributed by atoms with E-state index >= 15 is 0 Å². The third-order valence-corrected chi connectivity index (χ3v) is 6.34. The van der Waals surface area contributed by atoms with Gasteiger partial charge in [-0.15, -0.1) is 0 Å². The first-order valence-corrected chi connectivity index (χ1v) is 10.1. The lowest BCUT2D eigenvalue weighted by atomic mass is 9.74. The van der Waals surface area contributed by atoms with Gasteiger partial charge in [0, 0.05) is 16.7 Å². The van der Waals surface area contributed by atoms with E-state index in [-0.39, 0.29) is 12.4 Å². The molecule has 9 nitrogen and oxygen atoms in total. The lowest BCUT2D eigenvalue weighted by molar-refractivity contribution is -0.311. The van der Waals surface area contributed by atoms with Crippen molar-refractivity contribution in [2.45, 2.75) is 25.9 Å². The van der Waals surface area contributed by atoms with Gasteiger partial charge < -0.3 is 28.4 Å². The van der Waals surface area contributed by atoms with Gasteiger partial charge in [0.15, 0.2) is 34.4 Å². The summed E-state index contributed by atoms with van der Waals surface area (Å²) in [4.78, 5) is 18.6. The van der Waals surface area contributed by atoms with Gasteiger partial charge in [-0.1, -0.05) is 6.92 Å². The van der Waals surface area contributed by atoms with Crippen LogP contribution in [0.3, 0.4) is 0 Å². The van der Waals surface area contributed by atoms with Crippen LogP contribution >= 0.6 is 0 Å². The van der Waals surface area contributed by atoms with Gasteiger partial charge in [0.2, 0.25) is 18.3 Å². The largest absolute Gasteiger partial charge is 0.493 e. The number of rotatable bonds is 5. The van der Waals surface area contributed by atoms with Crippen LogP contribution in [-0.2, 0) is 11.3 Å². The Kier molecular flexibility index (Phi) is 5.56. The van der Waals surface area contributed by atoms with Gasteiger partial charge in [0.25, 0.3) is 0 Å². The Bertz CT molecular complexity index is 1080. The van der Waals surface area contributed by atoms with Crippen LogP contribution in [0.15, 0.2) is 12.1 Å². The van der Waals surface area contributed by atoms with Crippen LogP contribution in [0.4, 0.5) is 0 Å². The highest BCUT2D eigenvalue weighted by molar-refractivity contribution is 6.11. The molecule has 0 spiro atoms. The zero-order chi connectivity index (χ0) is 23.2. The summed E-state index contributed by atoms with van der Waals surface area (Å²) < 4.78 is 33.8. The van der Waals surface area contributed by atoms with Gasteiger partial charge >= 0.3 is 0 Å². The van der Waals surface area contributed by atoms with Crippen LogP contribution in [0.25, 0.3) is 11.1 Å².